The van der Waals surface area contributed by atoms with Gasteiger partial charge in [-0.05, 0) is 48.4 Å². The quantitative estimate of drug-likeness (QED) is 0.406. The fourth-order valence-electron chi connectivity index (χ4n) is 3.26. The second-order valence-electron chi connectivity index (χ2n) is 6.71. The van der Waals surface area contributed by atoms with Gasteiger partial charge in [0, 0.05) is 15.5 Å². The van der Waals surface area contributed by atoms with E-state index in [-0.39, 0.29) is 11.5 Å². The Bertz CT molecular complexity index is 1160. The van der Waals surface area contributed by atoms with Gasteiger partial charge < -0.3 is 0 Å². The molecule has 3 aromatic carbocycles. The first-order valence-corrected chi connectivity index (χ1v) is 11.0. The molecule has 6 heteroatoms. The Balaban J connectivity index is 1.83. The molecule has 0 aliphatic carbocycles. The topological polar surface area (TPSA) is 37.4 Å². The number of benzene rings is 3. The van der Waals surface area contributed by atoms with E-state index in [2.05, 4.69) is 6.92 Å². The normalized spacial score (nSPS) is 14.0. The highest BCUT2D eigenvalue weighted by atomic mass is 35.5. The zero-order valence-electron chi connectivity index (χ0n) is 16.1. The van der Waals surface area contributed by atoms with Crippen LogP contribution in [0.5, 0.6) is 0 Å². The summed E-state index contributed by atoms with van der Waals surface area (Å²) in [5.41, 5.74) is 2.44. The summed E-state index contributed by atoms with van der Waals surface area (Å²) in [6.07, 6.45) is 0.876. The van der Waals surface area contributed by atoms with Crippen LogP contribution in [0, 0.1) is 0 Å². The predicted octanol–water partition coefficient (Wildman–Crippen LogP) is 6.63. The molecule has 1 aliphatic heterocycles. The number of amides is 2. The van der Waals surface area contributed by atoms with Crippen molar-refractivity contribution in [1.29, 1.82) is 0 Å². The van der Waals surface area contributed by atoms with Crippen molar-refractivity contribution >= 4 is 58.0 Å². The maximum Gasteiger partial charge on any atom is 0.272 e. The van der Waals surface area contributed by atoms with Gasteiger partial charge in [0.1, 0.15) is 0 Å². The smallest absolute Gasteiger partial charge is 0.268 e. The van der Waals surface area contributed by atoms with E-state index in [9.17, 15) is 9.59 Å². The summed E-state index contributed by atoms with van der Waals surface area (Å²) in [5.74, 6) is -0.758. The molecule has 0 unspecified atom stereocenters. The molecule has 0 saturated heterocycles. The minimum atomic E-state index is -0.396. The SMILES string of the molecule is CCc1ccc(N2C(=O)C(Sc3ccccc3)=C(c3ccc(Cl)cc3Cl)C2=O)cc1. The van der Waals surface area contributed by atoms with E-state index in [0.29, 0.717) is 26.2 Å². The lowest BCUT2D eigenvalue weighted by atomic mass is 10.1. The second kappa shape index (κ2) is 8.68. The molecular formula is C24H17Cl2NO2S. The minimum absolute atomic E-state index is 0.287. The largest absolute Gasteiger partial charge is 0.272 e. The summed E-state index contributed by atoms with van der Waals surface area (Å²) in [5, 5.41) is 0.790. The molecule has 0 spiro atoms. The summed E-state index contributed by atoms with van der Waals surface area (Å²) >= 11 is 13.7. The zero-order valence-corrected chi connectivity index (χ0v) is 18.4. The Morgan fingerprint density at radius 2 is 1.57 bits per heavy atom. The van der Waals surface area contributed by atoms with Crippen LogP contribution in [0.4, 0.5) is 5.69 Å². The number of hydrogen-bond donors (Lipinski definition) is 0. The summed E-state index contributed by atoms with van der Waals surface area (Å²) < 4.78 is 0. The Kier molecular flexibility index (Phi) is 6.00. The molecule has 150 valence electrons. The Morgan fingerprint density at radius 1 is 0.867 bits per heavy atom. The lowest BCUT2D eigenvalue weighted by molar-refractivity contribution is -0.119. The molecule has 2 amide bonds. The highest BCUT2D eigenvalue weighted by molar-refractivity contribution is 8.04. The lowest BCUT2D eigenvalue weighted by Gasteiger charge is -2.16. The Labute approximate surface area is 189 Å². The van der Waals surface area contributed by atoms with Gasteiger partial charge in [-0.1, -0.05) is 78.3 Å². The molecule has 0 saturated carbocycles. The number of carbonyl (C=O) groups excluding carboxylic acids is 2. The molecule has 0 aromatic heterocycles. The number of hydrogen-bond acceptors (Lipinski definition) is 3. The number of imide groups is 1. The molecule has 4 rings (SSSR count). The van der Waals surface area contributed by atoms with Crippen molar-refractivity contribution in [2.45, 2.75) is 18.2 Å². The molecular weight excluding hydrogens is 437 g/mol. The average molecular weight is 454 g/mol. The van der Waals surface area contributed by atoms with Gasteiger partial charge in [0.15, 0.2) is 0 Å². The van der Waals surface area contributed by atoms with Crippen molar-refractivity contribution < 1.29 is 9.59 Å². The number of halogens is 2. The van der Waals surface area contributed by atoms with Gasteiger partial charge in [0.25, 0.3) is 11.8 Å². The fraction of sp³-hybridized carbons (Fsp3) is 0.0833. The number of thioether (sulfide) groups is 1. The molecule has 30 heavy (non-hydrogen) atoms. The van der Waals surface area contributed by atoms with Crippen molar-refractivity contribution in [1.82, 2.24) is 0 Å². The molecule has 0 atom stereocenters. The third kappa shape index (κ3) is 3.91. The van der Waals surface area contributed by atoms with Crippen LogP contribution in [0.3, 0.4) is 0 Å². The first-order valence-electron chi connectivity index (χ1n) is 9.40. The van der Waals surface area contributed by atoms with E-state index in [1.54, 1.807) is 30.3 Å². The van der Waals surface area contributed by atoms with Gasteiger partial charge in [-0.25, -0.2) is 4.90 Å². The highest BCUT2D eigenvalue weighted by Gasteiger charge is 2.41. The van der Waals surface area contributed by atoms with Gasteiger partial charge in [-0.15, -0.1) is 0 Å². The molecule has 0 N–H and O–H groups in total. The van der Waals surface area contributed by atoms with Crippen molar-refractivity contribution in [3.63, 3.8) is 0 Å². The highest BCUT2D eigenvalue weighted by Crippen LogP contribution is 2.43. The summed E-state index contributed by atoms with van der Waals surface area (Å²) in [6, 6.07) is 21.8. The number of carbonyl (C=O) groups is 2. The van der Waals surface area contributed by atoms with Crippen LogP contribution in [-0.4, -0.2) is 11.8 Å². The second-order valence-corrected chi connectivity index (χ2v) is 8.64. The monoisotopic (exact) mass is 453 g/mol. The molecule has 1 heterocycles. The third-order valence-electron chi connectivity index (χ3n) is 4.81. The van der Waals surface area contributed by atoms with Crippen LogP contribution in [0.25, 0.3) is 5.57 Å². The van der Waals surface area contributed by atoms with Gasteiger partial charge in [0.2, 0.25) is 0 Å². The molecule has 0 radical (unpaired) electrons. The zero-order chi connectivity index (χ0) is 21.3. The molecule has 3 nitrogen and oxygen atoms in total. The lowest BCUT2D eigenvalue weighted by Crippen LogP contribution is -2.31. The van der Waals surface area contributed by atoms with Crippen LogP contribution in [0.2, 0.25) is 10.0 Å². The third-order valence-corrected chi connectivity index (χ3v) is 6.45. The average Bonchev–Trinajstić information content (AvgIpc) is 2.99. The molecule has 1 aliphatic rings. The first kappa shape index (κ1) is 20.7. The minimum Gasteiger partial charge on any atom is -0.268 e. The molecule has 0 fully saturated rings. The van der Waals surface area contributed by atoms with Crippen molar-refractivity contribution in [2.24, 2.45) is 0 Å². The number of aryl methyl sites for hydroxylation is 1. The van der Waals surface area contributed by atoms with Gasteiger partial charge in [-0.3, -0.25) is 9.59 Å². The Morgan fingerprint density at radius 3 is 2.20 bits per heavy atom. The van der Waals surface area contributed by atoms with Crippen molar-refractivity contribution in [3.05, 3.63) is 98.9 Å². The van der Waals surface area contributed by atoms with E-state index in [1.807, 2.05) is 42.5 Å². The standard InChI is InChI=1S/C24H17Cl2NO2S/c1-2-15-8-11-17(12-9-15)27-23(28)21(19-13-10-16(25)14-20(19)26)22(24(27)29)30-18-6-4-3-5-7-18/h3-14H,2H2,1H3. The maximum atomic E-state index is 13.5. The van der Waals surface area contributed by atoms with E-state index in [0.717, 1.165) is 16.9 Å². The fourth-order valence-corrected chi connectivity index (χ4v) is 4.77. The van der Waals surface area contributed by atoms with Gasteiger partial charge >= 0.3 is 0 Å². The van der Waals surface area contributed by atoms with Gasteiger partial charge in [-0.2, -0.15) is 0 Å². The van der Waals surface area contributed by atoms with Crippen molar-refractivity contribution in [3.8, 4) is 0 Å². The number of nitrogens with zero attached hydrogens (tertiary/aromatic N) is 1. The van der Waals surface area contributed by atoms with E-state index < -0.39 is 5.91 Å². The number of rotatable bonds is 5. The van der Waals surface area contributed by atoms with Crippen LogP contribution in [0.15, 0.2) is 82.6 Å². The summed E-state index contributed by atoms with van der Waals surface area (Å²) in [4.78, 5) is 29.3. The van der Waals surface area contributed by atoms with Crippen LogP contribution < -0.4 is 4.90 Å². The summed E-state index contributed by atoms with van der Waals surface area (Å²) in [7, 11) is 0. The molecule has 0 bridgehead atoms. The van der Waals surface area contributed by atoms with Crippen LogP contribution in [-0.2, 0) is 16.0 Å². The van der Waals surface area contributed by atoms with E-state index in [4.69, 9.17) is 23.2 Å². The van der Waals surface area contributed by atoms with E-state index >= 15 is 0 Å². The Hall–Kier alpha value is -2.53. The summed E-state index contributed by atoms with van der Waals surface area (Å²) in [6.45, 7) is 2.05. The first-order chi connectivity index (χ1) is 14.5. The predicted molar refractivity (Wildman–Crippen MR) is 124 cm³/mol. The molecule has 3 aromatic rings. The van der Waals surface area contributed by atoms with Crippen LogP contribution in [0.1, 0.15) is 18.1 Å². The van der Waals surface area contributed by atoms with Crippen molar-refractivity contribution in [2.75, 3.05) is 4.90 Å². The van der Waals surface area contributed by atoms with Crippen LogP contribution >= 0.6 is 35.0 Å². The number of anilines is 1. The van der Waals surface area contributed by atoms with Gasteiger partial charge in [0.05, 0.1) is 21.2 Å². The maximum absolute atomic E-state index is 13.5. The van der Waals surface area contributed by atoms with E-state index in [1.165, 1.54) is 16.7 Å².